The Morgan fingerprint density at radius 3 is 2.15 bits per heavy atom. The van der Waals surface area contributed by atoms with Crippen LogP contribution in [0, 0.1) is 11.8 Å². The molecule has 0 aromatic heterocycles. The Labute approximate surface area is 155 Å². The number of piperidine rings is 1. The minimum absolute atomic E-state index is 0.0334. The number of nitrogens with zero attached hydrogens (tertiary/aromatic N) is 1. The van der Waals surface area contributed by atoms with E-state index in [1.165, 1.54) is 0 Å². The van der Waals surface area contributed by atoms with Crippen LogP contribution in [-0.2, 0) is 0 Å². The molecule has 0 spiro atoms. The molecule has 1 saturated heterocycles. The van der Waals surface area contributed by atoms with Crippen LogP contribution in [0.2, 0.25) is 0 Å². The summed E-state index contributed by atoms with van der Waals surface area (Å²) in [6.45, 7) is 3.31. The lowest BCUT2D eigenvalue weighted by Gasteiger charge is -2.38. The molecular formula is C23H25NO2. The number of hydrogen-bond donors (Lipinski definition) is 1. The molecule has 3 nitrogen and oxygen atoms in total. The topological polar surface area (TPSA) is 40.5 Å². The Hall–Kier alpha value is -2.57. The second-order valence-corrected chi connectivity index (χ2v) is 6.96. The predicted octanol–water partition coefficient (Wildman–Crippen LogP) is 3.85. The van der Waals surface area contributed by atoms with Gasteiger partial charge in [0.25, 0.3) is 5.91 Å². The number of carbonyl (C=O) groups excluding carboxylic acids is 1. The smallest absolute Gasteiger partial charge is 0.253 e. The number of rotatable bonds is 3. The van der Waals surface area contributed by atoms with Crippen LogP contribution in [0.5, 0.6) is 0 Å². The summed E-state index contributed by atoms with van der Waals surface area (Å²) >= 11 is 0. The van der Waals surface area contributed by atoms with E-state index in [4.69, 9.17) is 0 Å². The SMILES string of the molecule is CCCC1(O)CCN(C(=O)c2ccc(C#Cc3ccccc3)cc2)CC1. The zero-order chi connectivity index (χ0) is 18.4. The van der Waals surface area contributed by atoms with Crippen LogP contribution in [-0.4, -0.2) is 34.6 Å². The minimum atomic E-state index is -0.595. The molecule has 0 bridgehead atoms. The van der Waals surface area contributed by atoms with Gasteiger partial charge in [-0.05, 0) is 55.7 Å². The maximum atomic E-state index is 12.7. The highest BCUT2D eigenvalue weighted by Gasteiger charge is 2.33. The summed E-state index contributed by atoms with van der Waals surface area (Å²) in [4.78, 5) is 14.5. The Bertz CT molecular complexity index is 792. The summed E-state index contributed by atoms with van der Waals surface area (Å²) in [5, 5.41) is 10.5. The van der Waals surface area contributed by atoms with Gasteiger partial charge in [0.05, 0.1) is 5.60 Å². The summed E-state index contributed by atoms with van der Waals surface area (Å²) in [5.74, 6) is 6.28. The first kappa shape index (κ1) is 18.2. The van der Waals surface area contributed by atoms with Gasteiger partial charge in [0.2, 0.25) is 0 Å². The van der Waals surface area contributed by atoms with Crippen molar-refractivity contribution in [1.29, 1.82) is 0 Å². The monoisotopic (exact) mass is 347 g/mol. The molecule has 0 unspecified atom stereocenters. The largest absolute Gasteiger partial charge is 0.390 e. The third-order valence-electron chi connectivity index (χ3n) is 4.95. The van der Waals surface area contributed by atoms with Crippen molar-refractivity contribution in [3.63, 3.8) is 0 Å². The number of hydrogen-bond acceptors (Lipinski definition) is 2. The van der Waals surface area contributed by atoms with Gasteiger partial charge < -0.3 is 10.0 Å². The number of aliphatic hydroxyl groups is 1. The number of likely N-dealkylation sites (tertiary alicyclic amines) is 1. The minimum Gasteiger partial charge on any atom is -0.390 e. The summed E-state index contributed by atoms with van der Waals surface area (Å²) in [6, 6.07) is 17.3. The molecule has 0 atom stereocenters. The van der Waals surface area contributed by atoms with Crippen LogP contribution in [0.1, 0.15) is 54.1 Å². The molecule has 0 aliphatic carbocycles. The van der Waals surface area contributed by atoms with E-state index in [9.17, 15) is 9.90 Å². The number of benzene rings is 2. The van der Waals surface area contributed by atoms with Crippen LogP contribution in [0.25, 0.3) is 0 Å². The van der Waals surface area contributed by atoms with Crippen molar-refractivity contribution in [3.05, 3.63) is 71.3 Å². The second kappa shape index (κ2) is 8.21. The fourth-order valence-corrected chi connectivity index (χ4v) is 3.39. The third-order valence-corrected chi connectivity index (χ3v) is 4.95. The molecule has 1 heterocycles. The van der Waals surface area contributed by atoms with Crippen molar-refractivity contribution < 1.29 is 9.90 Å². The number of carbonyl (C=O) groups is 1. The predicted molar refractivity (Wildman–Crippen MR) is 104 cm³/mol. The van der Waals surface area contributed by atoms with E-state index in [0.29, 0.717) is 31.5 Å². The Morgan fingerprint density at radius 1 is 1.00 bits per heavy atom. The normalized spacial score (nSPS) is 15.8. The van der Waals surface area contributed by atoms with E-state index in [1.807, 2.05) is 59.5 Å². The highest BCUT2D eigenvalue weighted by Crippen LogP contribution is 2.27. The maximum absolute atomic E-state index is 12.7. The van der Waals surface area contributed by atoms with Crippen molar-refractivity contribution in [3.8, 4) is 11.8 Å². The van der Waals surface area contributed by atoms with E-state index in [-0.39, 0.29) is 5.91 Å². The summed E-state index contributed by atoms with van der Waals surface area (Å²) in [6.07, 6.45) is 3.10. The van der Waals surface area contributed by atoms with Crippen molar-refractivity contribution >= 4 is 5.91 Å². The van der Waals surface area contributed by atoms with Gasteiger partial charge in [0.1, 0.15) is 0 Å². The summed E-state index contributed by atoms with van der Waals surface area (Å²) < 4.78 is 0. The number of amides is 1. The van der Waals surface area contributed by atoms with E-state index in [2.05, 4.69) is 18.8 Å². The second-order valence-electron chi connectivity index (χ2n) is 6.96. The van der Waals surface area contributed by atoms with Crippen molar-refractivity contribution in [2.24, 2.45) is 0 Å². The molecule has 0 saturated carbocycles. The quantitative estimate of drug-likeness (QED) is 0.857. The molecule has 3 heteroatoms. The Morgan fingerprint density at radius 2 is 1.58 bits per heavy atom. The van der Waals surface area contributed by atoms with E-state index in [1.54, 1.807) is 0 Å². The van der Waals surface area contributed by atoms with Crippen LogP contribution in [0.15, 0.2) is 54.6 Å². The molecule has 0 radical (unpaired) electrons. The fourth-order valence-electron chi connectivity index (χ4n) is 3.39. The third kappa shape index (κ3) is 4.53. The highest BCUT2D eigenvalue weighted by atomic mass is 16.3. The van der Waals surface area contributed by atoms with Crippen molar-refractivity contribution in [2.75, 3.05) is 13.1 Å². The lowest BCUT2D eigenvalue weighted by molar-refractivity contribution is -0.0233. The molecule has 2 aromatic rings. The Balaban J connectivity index is 1.62. The van der Waals surface area contributed by atoms with E-state index in [0.717, 1.165) is 24.0 Å². The first-order chi connectivity index (χ1) is 12.6. The summed E-state index contributed by atoms with van der Waals surface area (Å²) in [5.41, 5.74) is 1.95. The first-order valence-electron chi connectivity index (χ1n) is 9.28. The molecule has 1 N–H and O–H groups in total. The molecule has 1 aliphatic heterocycles. The lowest BCUT2D eigenvalue weighted by atomic mass is 9.87. The molecule has 1 amide bonds. The molecule has 1 fully saturated rings. The lowest BCUT2D eigenvalue weighted by Crippen LogP contribution is -2.46. The van der Waals surface area contributed by atoms with E-state index < -0.39 is 5.60 Å². The zero-order valence-corrected chi connectivity index (χ0v) is 15.2. The molecular weight excluding hydrogens is 322 g/mol. The Kier molecular flexibility index (Phi) is 5.75. The van der Waals surface area contributed by atoms with Crippen molar-refractivity contribution in [1.82, 2.24) is 4.90 Å². The zero-order valence-electron chi connectivity index (χ0n) is 15.2. The van der Waals surface area contributed by atoms with Gasteiger partial charge in [-0.1, -0.05) is 43.4 Å². The average Bonchev–Trinajstić information content (AvgIpc) is 2.68. The van der Waals surface area contributed by atoms with Crippen LogP contribution in [0.3, 0.4) is 0 Å². The average molecular weight is 347 g/mol. The van der Waals surface area contributed by atoms with Gasteiger partial charge in [-0.2, -0.15) is 0 Å². The molecule has 1 aliphatic rings. The van der Waals surface area contributed by atoms with E-state index >= 15 is 0 Å². The van der Waals surface area contributed by atoms with Gasteiger partial charge in [-0.15, -0.1) is 0 Å². The van der Waals surface area contributed by atoms with Gasteiger partial charge in [-0.3, -0.25) is 4.79 Å². The van der Waals surface area contributed by atoms with Gasteiger partial charge >= 0.3 is 0 Å². The van der Waals surface area contributed by atoms with Crippen molar-refractivity contribution in [2.45, 2.75) is 38.2 Å². The molecule has 3 rings (SSSR count). The van der Waals surface area contributed by atoms with Gasteiger partial charge in [-0.25, -0.2) is 0 Å². The molecule has 2 aromatic carbocycles. The van der Waals surface area contributed by atoms with Crippen LogP contribution >= 0.6 is 0 Å². The summed E-state index contributed by atoms with van der Waals surface area (Å²) in [7, 11) is 0. The van der Waals surface area contributed by atoms with Crippen LogP contribution in [0.4, 0.5) is 0 Å². The van der Waals surface area contributed by atoms with Crippen LogP contribution < -0.4 is 0 Å². The maximum Gasteiger partial charge on any atom is 0.253 e. The standard InChI is InChI=1S/C23H25NO2/c1-2-14-23(26)15-17-24(18-16-23)22(25)21-12-10-20(11-13-21)9-8-19-6-4-3-5-7-19/h3-7,10-13,26H,2,14-18H2,1H3. The fraction of sp³-hybridized carbons (Fsp3) is 0.348. The molecule has 134 valence electrons. The highest BCUT2D eigenvalue weighted by molar-refractivity contribution is 5.94. The van der Waals surface area contributed by atoms with Gasteiger partial charge in [0.15, 0.2) is 0 Å². The molecule has 26 heavy (non-hydrogen) atoms. The first-order valence-corrected chi connectivity index (χ1v) is 9.28. The van der Waals surface area contributed by atoms with Gasteiger partial charge in [0, 0.05) is 29.8 Å².